The number of carboxylic acids is 1. The van der Waals surface area contributed by atoms with E-state index in [1.165, 1.54) is 26.0 Å². The van der Waals surface area contributed by atoms with E-state index in [-0.39, 0.29) is 55.9 Å². The third-order valence-electron chi connectivity index (χ3n) is 7.16. The van der Waals surface area contributed by atoms with Gasteiger partial charge in [-0.1, -0.05) is 30.7 Å². The monoisotopic (exact) mass is 579 g/mol. The Balaban J connectivity index is 1.92. The van der Waals surface area contributed by atoms with Crippen molar-refractivity contribution in [3.8, 4) is 0 Å². The molecule has 8 unspecified atom stereocenters. The van der Waals surface area contributed by atoms with Crippen LogP contribution in [-0.4, -0.2) is 82.8 Å². The van der Waals surface area contributed by atoms with Crippen LogP contribution in [-0.2, 0) is 38.1 Å². The summed E-state index contributed by atoms with van der Waals surface area (Å²) in [4.78, 5) is 45.8. The highest BCUT2D eigenvalue weighted by molar-refractivity contribution is 5.87. The second kappa shape index (κ2) is 15.8. The van der Waals surface area contributed by atoms with Crippen LogP contribution in [0.1, 0.15) is 73.6 Å². The summed E-state index contributed by atoms with van der Waals surface area (Å²) in [5.74, 6) is -2.05. The first-order valence-electron chi connectivity index (χ1n) is 14.0. The third-order valence-corrected chi connectivity index (χ3v) is 7.16. The fourth-order valence-electron chi connectivity index (χ4n) is 5.10. The molecule has 2 fully saturated rings. The van der Waals surface area contributed by atoms with Gasteiger partial charge in [0.2, 0.25) is 5.91 Å². The van der Waals surface area contributed by atoms with Crippen LogP contribution in [0.5, 0.6) is 0 Å². The molecule has 3 N–H and O–H groups in total. The summed E-state index contributed by atoms with van der Waals surface area (Å²) < 4.78 is 22.1. The first-order chi connectivity index (χ1) is 19.2. The molecular formula is C30H45NO10. The number of rotatable bonds is 12. The van der Waals surface area contributed by atoms with Crippen LogP contribution >= 0.6 is 0 Å². The topological polar surface area (TPSA) is 158 Å². The summed E-state index contributed by atoms with van der Waals surface area (Å²) in [6, 6.07) is -0.152. The molecule has 1 amide bonds. The maximum atomic E-state index is 12.3. The molecule has 2 aliphatic rings. The Bertz CT molecular complexity index is 1020. The van der Waals surface area contributed by atoms with E-state index in [1.54, 1.807) is 13.0 Å². The number of hydrogen-bond donors (Lipinski definition) is 3. The van der Waals surface area contributed by atoms with Crippen molar-refractivity contribution in [3.63, 3.8) is 0 Å². The number of nitrogens with one attached hydrogen (secondary N) is 1. The molecule has 2 aliphatic heterocycles. The normalized spacial score (nSPS) is 31.5. The molecule has 41 heavy (non-hydrogen) atoms. The molecular weight excluding hydrogens is 534 g/mol. The number of allylic oxidation sites excluding steroid dienone is 2. The van der Waals surface area contributed by atoms with Gasteiger partial charge in [0.15, 0.2) is 0 Å². The molecule has 2 heterocycles. The predicted molar refractivity (Wildman–Crippen MR) is 150 cm³/mol. The number of carbonyl (C=O) groups is 4. The van der Waals surface area contributed by atoms with Crippen LogP contribution in [0.25, 0.3) is 0 Å². The Hall–Kier alpha value is -3.02. The fraction of sp³-hybridized carbons (Fsp3) is 0.667. The van der Waals surface area contributed by atoms with E-state index in [9.17, 15) is 29.4 Å². The first kappa shape index (κ1) is 34.2. The molecule has 230 valence electrons. The molecule has 8 atom stereocenters. The van der Waals surface area contributed by atoms with Crippen LogP contribution in [0.3, 0.4) is 0 Å². The van der Waals surface area contributed by atoms with Gasteiger partial charge in [-0.2, -0.15) is 0 Å². The molecule has 0 aliphatic carbocycles. The highest BCUT2D eigenvalue weighted by atomic mass is 16.5. The lowest BCUT2D eigenvalue weighted by Crippen LogP contribution is -2.50. The SMILES string of the molecule is CC(=O)OCC1(O)CC(C=CC(C)=CCC2OC(C)C(NC(=O)C=CC(C)OC(C)=O)CC2C)OC(CC(=O)O)C1. The van der Waals surface area contributed by atoms with Crippen LogP contribution in [0.15, 0.2) is 36.0 Å². The third kappa shape index (κ3) is 12.6. The van der Waals surface area contributed by atoms with E-state index in [4.69, 9.17) is 18.9 Å². The minimum absolute atomic E-state index is 0.0410. The molecule has 0 aromatic rings. The molecule has 11 heteroatoms. The Morgan fingerprint density at radius 1 is 1.07 bits per heavy atom. The van der Waals surface area contributed by atoms with Gasteiger partial charge in [0, 0.05) is 32.8 Å². The van der Waals surface area contributed by atoms with Gasteiger partial charge in [-0.3, -0.25) is 19.2 Å². The lowest BCUT2D eigenvalue weighted by Gasteiger charge is -2.39. The quantitative estimate of drug-likeness (QED) is 0.178. The van der Waals surface area contributed by atoms with E-state index in [1.807, 2.05) is 26.0 Å². The van der Waals surface area contributed by atoms with Crippen molar-refractivity contribution >= 4 is 23.8 Å². The minimum Gasteiger partial charge on any atom is -0.481 e. The molecule has 0 spiro atoms. The molecule has 0 aromatic carbocycles. The number of aliphatic carboxylic acids is 1. The van der Waals surface area contributed by atoms with Gasteiger partial charge in [-0.25, -0.2) is 0 Å². The van der Waals surface area contributed by atoms with Gasteiger partial charge in [0.25, 0.3) is 0 Å². The van der Waals surface area contributed by atoms with Gasteiger partial charge in [-0.15, -0.1) is 0 Å². The molecule has 0 aromatic heterocycles. The lowest BCUT2D eigenvalue weighted by molar-refractivity contribution is -0.174. The summed E-state index contributed by atoms with van der Waals surface area (Å²) >= 11 is 0. The second-order valence-corrected chi connectivity index (χ2v) is 11.2. The van der Waals surface area contributed by atoms with Crippen molar-refractivity contribution in [3.05, 3.63) is 36.0 Å². The van der Waals surface area contributed by atoms with Crippen molar-refractivity contribution in [1.82, 2.24) is 5.32 Å². The number of carbonyl (C=O) groups excluding carboxylic acids is 3. The van der Waals surface area contributed by atoms with Crippen LogP contribution in [0, 0.1) is 5.92 Å². The molecule has 0 bridgehead atoms. The lowest BCUT2D eigenvalue weighted by atomic mass is 9.86. The molecule has 0 radical (unpaired) electrons. The van der Waals surface area contributed by atoms with E-state index in [0.717, 1.165) is 12.0 Å². The number of carboxylic acid groups (broad SMARTS) is 1. The van der Waals surface area contributed by atoms with Gasteiger partial charge in [-0.05, 0) is 45.6 Å². The summed E-state index contributed by atoms with van der Waals surface area (Å²) in [5.41, 5.74) is -0.427. The second-order valence-electron chi connectivity index (χ2n) is 11.2. The van der Waals surface area contributed by atoms with Crippen molar-refractivity contribution in [2.45, 2.75) is 116 Å². The van der Waals surface area contributed by atoms with Gasteiger partial charge in [0.05, 0.1) is 36.9 Å². The highest BCUT2D eigenvalue weighted by Gasteiger charge is 2.41. The Morgan fingerprint density at radius 2 is 1.78 bits per heavy atom. The largest absolute Gasteiger partial charge is 0.481 e. The number of amides is 1. The smallest absolute Gasteiger partial charge is 0.305 e. The number of aliphatic hydroxyl groups is 1. The zero-order chi connectivity index (χ0) is 30.7. The summed E-state index contributed by atoms with van der Waals surface area (Å²) in [5, 5.41) is 23.1. The van der Waals surface area contributed by atoms with Crippen molar-refractivity contribution in [2.24, 2.45) is 5.92 Å². The van der Waals surface area contributed by atoms with Crippen LogP contribution in [0.2, 0.25) is 0 Å². The predicted octanol–water partition coefficient (Wildman–Crippen LogP) is 3.00. The Labute approximate surface area is 241 Å². The van der Waals surface area contributed by atoms with Gasteiger partial charge >= 0.3 is 17.9 Å². The van der Waals surface area contributed by atoms with E-state index in [2.05, 4.69) is 12.2 Å². The number of hydrogen-bond acceptors (Lipinski definition) is 9. The van der Waals surface area contributed by atoms with Gasteiger partial charge < -0.3 is 34.5 Å². The number of ether oxygens (including phenoxy) is 4. The van der Waals surface area contributed by atoms with E-state index in [0.29, 0.717) is 6.42 Å². The van der Waals surface area contributed by atoms with Gasteiger partial charge in [0.1, 0.15) is 18.3 Å². The van der Waals surface area contributed by atoms with Crippen molar-refractivity contribution < 1.29 is 48.3 Å². The number of esters is 2. The van der Waals surface area contributed by atoms with Crippen LogP contribution in [0.4, 0.5) is 0 Å². The maximum Gasteiger partial charge on any atom is 0.305 e. The summed E-state index contributed by atoms with van der Waals surface area (Å²) in [7, 11) is 0. The molecule has 2 saturated heterocycles. The minimum atomic E-state index is -1.37. The maximum absolute atomic E-state index is 12.3. The highest BCUT2D eigenvalue weighted by Crippen LogP contribution is 2.32. The average molecular weight is 580 g/mol. The van der Waals surface area contributed by atoms with E-state index < -0.39 is 41.8 Å². The molecule has 11 nitrogen and oxygen atoms in total. The Kier molecular flexibility index (Phi) is 13.2. The molecule has 0 saturated carbocycles. The van der Waals surface area contributed by atoms with Crippen molar-refractivity contribution in [2.75, 3.05) is 6.61 Å². The average Bonchev–Trinajstić information content (AvgIpc) is 2.85. The zero-order valence-corrected chi connectivity index (χ0v) is 24.8. The van der Waals surface area contributed by atoms with Crippen LogP contribution < -0.4 is 5.32 Å². The zero-order valence-electron chi connectivity index (χ0n) is 24.8. The Morgan fingerprint density at radius 3 is 2.41 bits per heavy atom. The fourth-order valence-corrected chi connectivity index (χ4v) is 5.10. The summed E-state index contributed by atoms with van der Waals surface area (Å²) in [6.45, 7) is 9.97. The van der Waals surface area contributed by atoms with E-state index >= 15 is 0 Å². The summed E-state index contributed by atoms with van der Waals surface area (Å²) in [6.07, 6.45) is 7.99. The molecule has 2 rings (SSSR count). The first-order valence-corrected chi connectivity index (χ1v) is 14.0. The standard InChI is InChI=1S/C30H45NO10/c1-18(7-10-24-15-30(37,17-38-22(5)32)16-25(41-24)14-29(35)36)8-11-27-19(2)13-26(21(4)40-27)31-28(34)12-9-20(3)39-23(6)33/h7-10,12,19-21,24-27,37H,11,13-17H2,1-6H3,(H,31,34)(H,35,36). The van der Waals surface area contributed by atoms with Crippen molar-refractivity contribution in [1.29, 1.82) is 0 Å².